The maximum atomic E-state index is 14.1. The van der Waals surface area contributed by atoms with Gasteiger partial charge < -0.3 is 10.1 Å². The van der Waals surface area contributed by atoms with Gasteiger partial charge in [-0.2, -0.15) is 5.10 Å². The molecule has 2 fully saturated rings. The van der Waals surface area contributed by atoms with Gasteiger partial charge >= 0.3 is 0 Å². The first-order valence-corrected chi connectivity index (χ1v) is 14.5. The van der Waals surface area contributed by atoms with E-state index in [1.54, 1.807) is 32.2 Å². The minimum absolute atomic E-state index is 0.0160. The average molecular weight is 569 g/mol. The molecular weight excluding hydrogens is 531 g/mol. The number of benzene rings is 2. The Kier molecular flexibility index (Phi) is 8.47. The molecule has 0 spiro atoms. The van der Waals surface area contributed by atoms with Crippen LogP contribution in [0.2, 0.25) is 5.02 Å². The number of fused-ring (bicyclic) bond motifs is 1. The second-order valence-corrected chi connectivity index (χ2v) is 12.2. The van der Waals surface area contributed by atoms with Gasteiger partial charge in [0.05, 0.1) is 23.6 Å². The molecule has 1 saturated heterocycles. The van der Waals surface area contributed by atoms with Crippen molar-refractivity contribution in [2.75, 3.05) is 33.3 Å². The molecule has 9 heteroatoms. The fourth-order valence-corrected chi connectivity index (χ4v) is 6.52. The van der Waals surface area contributed by atoms with Crippen molar-refractivity contribution < 1.29 is 18.7 Å². The molecule has 2 aromatic carbocycles. The highest BCUT2D eigenvalue weighted by molar-refractivity contribution is 6.30. The van der Waals surface area contributed by atoms with Gasteiger partial charge in [0.25, 0.3) is 5.91 Å². The Hall–Kier alpha value is -2.97. The Morgan fingerprint density at radius 1 is 1.20 bits per heavy atom. The van der Waals surface area contributed by atoms with Crippen LogP contribution in [0.1, 0.15) is 60.2 Å². The van der Waals surface area contributed by atoms with Crippen LogP contribution < -0.4 is 10.1 Å². The highest BCUT2D eigenvalue weighted by Gasteiger charge is 2.34. The van der Waals surface area contributed by atoms with Crippen LogP contribution in [-0.4, -0.2) is 65.3 Å². The number of alkyl halides is 1. The van der Waals surface area contributed by atoms with E-state index in [4.69, 9.17) is 21.4 Å². The summed E-state index contributed by atoms with van der Waals surface area (Å²) in [6.07, 6.45) is 5.23. The highest BCUT2D eigenvalue weighted by atomic mass is 35.5. The number of carbonyl (C=O) groups is 2. The van der Waals surface area contributed by atoms with Gasteiger partial charge in [0.2, 0.25) is 0 Å². The quantitative estimate of drug-likeness (QED) is 0.330. The van der Waals surface area contributed by atoms with Gasteiger partial charge in [-0.1, -0.05) is 18.5 Å². The van der Waals surface area contributed by atoms with Gasteiger partial charge in [0.1, 0.15) is 11.4 Å². The topological polar surface area (TPSA) is 76.5 Å². The summed E-state index contributed by atoms with van der Waals surface area (Å²) in [6.45, 7) is 6.69. The van der Waals surface area contributed by atoms with Crippen molar-refractivity contribution in [2.24, 2.45) is 17.8 Å². The average Bonchev–Trinajstić information content (AvgIpc) is 3.49. The van der Waals surface area contributed by atoms with Crippen molar-refractivity contribution >= 4 is 34.2 Å². The number of nitrogens with one attached hydrogen (secondary N) is 1. The number of halogens is 2. The lowest BCUT2D eigenvalue weighted by Gasteiger charge is -2.33. The van der Waals surface area contributed by atoms with Crippen molar-refractivity contribution in [2.45, 2.75) is 51.7 Å². The van der Waals surface area contributed by atoms with E-state index in [0.717, 1.165) is 42.3 Å². The highest BCUT2D eigenvalue weighted by Crippen LogP contribution is 2.37. The standard InChI is InChI=1S/C31H38ClFN4O3/c1-20-16-21(4-9-24(20)28(38)22-5-7-23(32)8-6-22)17-37-18-26-27(35-37)11-10-25(29(26)40-3)30(39)34-13-15-36-14-12-31(2,33)19-36/h5-8,10-11,18,20-21,24H,4,9,12-17,19H2,1-3H3,(H,34,39). The van der Waals surface area contributed by atoms with Crippen LogP contribution >= 0.6 is 11.6 Å². The molecule has 1 aromatic heterocycles. The molecule has 3 aromatic rings. The maximum absolute atomic E-state index is 14.1. The molecule has 0 bridgehead atoms. The number of likely N-dealkylation sites (tertiary alicyclic amines) is 1. The van der Waals surface area contributed by atoms with Crippen LogP contribution in [0.4, 0.5) is 4.39 Å². The first-order valence-electron chi connectivity index (χ1n) is 14.2. The van der Waals surface area contributed by atoms with E-state index in [2.05, 4.69) is 12.2 Å². The minimum atomic E-state index is -1.15. The Morgan fingerprint density at radius 2 is 1.98 bits per heavy atom. The predicted molar refractivity (Wildman–Crippen MR) is 155 cm³/mol. The van der Waals surface area contributed by atoms with Gasteiger partial charge in [-0.3, -0.25) is 19.2 Å². The summed E-state index contributed by atoms with van der Waals surface area (Å²) in [5.74, 6) is 1.18. The summed E-state index contributed by atoms with van der Waals surface area (Å²) in [4.78, 5) is 28.1. The van der Waals surface area contributed by atoms with Crippen LogP contribution in [0.3, 0.4) is 0 Å². The van der Waals surface area contributed by atoms with Gasteiger partial charge in [-0.25, -0.2) is 4.39 Å². The smallest absolute Gasteiger partial charge is 0.255 e. The monoisotopic (exact) mass is 568 g/mol. The van der Waals surface area contributed by atoms with Crippen molar-refractivity contribution in [3.05, 3.63) is 58.7 Å². The molecule has 0 radical (unpaired) electrons. The minimum Gasteiger partial charge on any atom is -0.495 e. The number of amides is 1. The summed E-state index contributed by atoms with van der Waals surface area (Å²) in [7, 11) is 1.57. The molecule has 5 rings (SSSR count). The number of hydrogen-bond acceptors (Lipinski definition) is 5. The van der Waals surface area contributed by atoms with Crippen molar-refractivity contribution in [3.8, 4) is 5.75 Å². The molecule has 40 heavy (non-hydrogen) atoms. The molecule has 2 aliphatic rings. The summed E-state index contributed by atoms with van der Waals surface area (Å²) in [5, 5.41) is 9.14. The normalized spacial score (nSPS) is 25.3. The molecule has 1 aliphatic carbocycles. The van der Waals surface area contributed by atoms with E-state index in [1.807, 2.05) is 34.0 Å². The summed E-state index contributed by atoms with van der Waals surface area (Å²) in [6, 6.07) is 10.8. The van der Waals surface area contributed by atoms with E-state index in [1.165, 1.54) is 0 Å². The summed E-state index contributed by atoms with van der Waals surface area (Å²) >= 11 is 5.99. The van der Waals surface area contributed by atoms with E-state index >= 15 is 0 Å². The lowest BCUT2D eigenvalue weighted by atomic mass is 9.72. The molecule has 1 N–H and O–H groups in total. The third-order valence-electron chi connectivity index (χ3n) is 8.54. The number of Topliss-reactive ketones (excluding diaryl/α,β-unsaturated/α-hetero) is 1. The molecule has 1 aliphatic heterocycles. The van der Waals surface area contributed by atoms with E-state index in [9.17, 15) is 14.0 Å². The zero-order valence-corrected chi connectivity index (χ0v) is 24.2. The number of hydrogen-bond donors (Lipinski definition) is 1. The molecule has 7 nitrogen and oxygen atoms in total. The molecule has 4 atom stereocenters. The van der Waals surface area contributed by atoms with Crippen molar-refractivity contribution in [1.82, 2.24) is 20.0 Å². The Morgan fingerprint density at radius 3 is 2.65 bits per heavy atom. The van der Waals surface area contributed by atoms with Crippen LogP contribution in [-0.2, 0) is 6.54 Å². The second-order valence-electron chi connectivity index (χ2n) is 11.8. The third-order valence-corrected chi connectivity index (χ3v) is 8.79. The first kappa shape index (κ1) is 28.6. The number of rotatable bonds is 9. The predicted octanol–water partition coefficient (Wildman–Crippen LogP) is 5.80. The van der Waals surface area contributed by atoms with Crippen molar-refractivity contribution in [3.63, 3.8) is 0 Å². The lowest BCUT2D eigenvalue weighted by Crippen LogP contribution is -2.35. The molecule has 214 valence electrons. The van der Waals surface area contributed by atoms with Crippen molar-refractivity contribution in [1.29, 1.82) is 0 Å². The molecule has 1 saturated carbocycles. The van der Waals surface area contributed by atoms with Crippen LogP contribution in [0.15, 0.2) is 42.6 Å². The molecular formula is C31H38ClFN4O3. The van der Waals surface area contributed by atoms with Gasteiger partial charge in [0, 0.05) is 55.4 Å². The number of methoxy groups -OCH3 is 1. The Bertz CT molecular complexity index is 1370. The van der Waals surface area contributed by atoms with E-state index in [-0.39, 0.29) is 23.5 Å². The third kappa shape index (κ3) is 6.33. The van der Waals surface area contributed by atoms with Gasteiger partial charge in [-0.05, 0) is 80.8 Å². The largest absolute Gasteiger partial charge is 0.495 e. The molecule has 2 heterocycles. The van der Waals surface area contributed by atoms with Crippen LogP contribution in [0.5, 0.6) is 5.75 Å². The number of nitrogens with zero attached hydrogens (tertiary/aromatic N) is 3. The SMILES string of the molecule is COc1c(C(=O)NCCN2CCC(C)(F)C2)ccc2nn(CC3CCC(C(=O)c4ccc(Cl)cc4)C(C)C3)cc12. The fourth-order valence-electron chi connectivity index (χ4n) is 6.39. The zero-order valence-electron chi connectivity index (χ0n) is 23.5. The van der Waals surface area contributed by atoms with E-state index < -0.39 is 5.67 Å². The first-order chi connectivity index (χ1) is 19.1. The van der Waals surface area contributed by atoms with Crippen LogP contribution in [0.25, 0.3) is 10.9 Å². The number of carbonyl (C=O) groups excluding carboxylic acids is 2. The molecule has 4 unspecified atom stereocenters. The summed E-state index contributed by atoms with van der Waals surface area (Å²) in [5.41, 5.74) is 0.808. The second kappa shape index (κ2) is 11.9. The zero-order chi connectivity index (χ0) is 28.4. The fraction of sp³-hybridized carbons (Fsp3) is 0.516. The Labute approximate surface area is 240 Å². The maximum Gasteiger partial charge on any atom is 0.255 e. The number of aromatic nitrogens is 2. The van der Waals surface area contributed by atoms with Gasteiger partial charge in [-0.15, -0.1) is 0 Å². The number of ketones is 1. The van der Waals surface area contributed by atoms with Crippen LogP contribution in [0, 0.1) is 17.8 Å². The Balaban J connectivity index is 1.20. The number of ether oxygens (including phenoxy) is 1. The van der Waals surface area contributed by atoms with Gasteiger partial charge in [0.15, 0.2) is 5.78 Å². The van der Waals surface area contributed by atoms with E-state index in [0.29, 0.717) is 54.9 Å². The lowest BCUT2D eigenvalue weighted by molar-refractivity contribution is 0.0790. The molecule has 1 amide bonds. The summed E-state index contributed by atoms with van der Waals surface area (Å²) < 4.78 is 21.7.